The molecule has 1 aromatic carbocycles. The Morgan fingerprint density at radius 3 is 2.14 bits per heavy atom. The lowest BCUT2D eigenvalue weighted by Crippen LogP contribution is -2.35. The van der Waals surface area contributed by atoms with Crippen LogP contribution in [0.15, 0.2) is 18.2 Å². The summed E-state index contributed by atoms with van der Waals surface area (Å²) in [5.41, 5.74) is -3.14. The van der Waals surface area contributed by atoms with E-state index < -0.39 is 35.1 Å². The Morgan fingerprint density at radius 1 is 0.944 bits per heavy atom. The lowest BCUT2D eigenvalue weighted by atomic mass is 10.1. The number of unbranched alkanes of at least 4 members (excludes halogenated alkanes) is 5. The first-order chi connectivity index (χ1) is 16.9. The summed E-state index contributed by atoms with van der Waals surface area (Å²) in [7, 11) is 0. The lowest BCUT2D eigenvalue weighted by Gasteiger charge is -2.26. The number of halogens is 6. The van der Waals surface area contributed by atoms with Crippen molar-refractivity contribution in [3.8, 4) is 0 Å². The van der Waals surface area contributed by atoms with Crippen molar-refractivity contribution in [3.63, 3.8) is 0 Å². The summed E-state index contributed by atoms with van der Waals surface area (Å²) in [6.07, 6.45) is -1.72. The number of nitrogens with zero attached hydrogens (tertiary/aromatic N) is 3. The zero-order chi connectivity index (χ0) is 26.8. The normalized spacial score (nSPS) is 15.2. The van der Waals surface area contributed by atoms with Gasteiger partial charge in [0.1, 0.15) is 17.9 Å². The van der Waals surface area contributed by atoms with Crippen LogP contribution in [-0.4, -0.2) is 54.5 Å². The van der Waals surface area contributed by atoms with Crippen molar-refractivity contribution in [1.82, 2.24) is 4.90 Å². The van der Waals surface area contributed by atoms with E-state index in [1.165, 1.54) is 6.42 Å². The van der Waals surface area contributed by atoms with Gasteiger partial charge in [-0.25, -0.2) is 0 Å². The maximum absolute atomic E-state index is 13.2. The topological polar surface area (TPSA) is 66.7 Å². The third-order valence-corrected chi connectivity index (χ3v) is 6.20. The summed E-state index contributed by atoms with van der Waals surface area (Å²) in [5.74, 6) is 0.223. The summed E-state index contributed by atoms with van der Waals surface area (Å²) in [6.45, 7) is 0.834. The van der Waals surface area contributed by atoms with Crippen LogP contribution in [0.2, 0.25) is 0 Å². The van der Waals surface area contributed by atoms with Gasteiger partial charge in [-0.15, -0.1) is 0 Å². The van der Waals surface area contributed by atoms with E-state index in [-0.39, 0.29) is 18.0 Å². The number of ketones is 1. The number of benzene rings is 1. The fourth-order valence-corrected chi connectivity index (χ4v) is 4.40. The molecule has 0 aliphatic carbocycles. The van der Waals surface area contributed by atoms with E-state index in [9.17, 15) is 41.3 Å². The molecule has 0 aromatic heterocycles. The first-order valence-electron chi connectivity index (χ1n) is 12.3. The average molecular weight is 526 g/mol. The summed E-state index contributed by atoms with van der Waals surface area (Å²) in [5, 5.41) is 10.9. The van der Waals surface area contributed by atoms with Gasteiger partial charge in [0.15, 0.2) is 0 Å². The van der Waals surface area contributed by atoms with Crippen LogP contribution in [0.3, 0.4) is 0 Å². The van der Waals surface area contributed by atoms with Gasteiger partial charge >= 0.3 is 12.4 Å². The van der Waals surface area contributed by atoms with E-state index in [1.807, 2.05) is 0 Å². The van der Waals surface area contributed by atoms with E-state index in [2.05, 4.69) is 4.90 Å². The maximum atomic E-state index is 13.2. The summed E-state index contributed by atoms with van der Waals surface area (Å²) in [4.78, 5) is 24.7. The molecule has 2 rings (SSSR count). The van der Waals surface area contributed by atoms with Gasteiger partial charge in [0.05, 0.1) is 11.5 Å². The van der Waals surface area contributed by atoms with Crippen molar-refractivity contribution in [3.05, 3.63) is 33.9 Å². The van der Waals surface area contributed by atoms with Crippen molar-refractivity contribution in [2.24, 2.45) is 0 Å². The molecule has 1 aliphatic heterocycles. The van der Waals surface area contributed by atoms with Crippen molar-refractivity contribution in [2.75, 3.05) is 37.6 Å². The molecule has 0 N–H and O–H groups in total. The fraction of sp³-hybridized carbons (Fsp3) is 0.708. The van der Waals surface area contributed by atoms with Crippen LogP contribution >= 0.6 is 0 Å². The number of carbonyl (C=O) groups excluding carboxylic acids is 1. The zero-order valence-electron chi connectivity index (χ0n) is 20.2. The first kappa shape index (κ1) is 29.9. The van der Waals surface area contributed by atoms with E-state index in [1.54, 1.807) is 0 Å². The quantitative estimate of drug-likeness (QED) is 0.116. The lowest BCUT2D eigenvalue weighted by molar-refractivity contribution is -0.388. The molecule has 0 bridgehead atoms. The van der Waals surface area contributed by atoms with Gasteiger partial charge in [-0.1, -0.05) is 32.1 Å². The molecule has 1 saturated heterocycles. The summed E-state index contributed by atoms with van der Waals surface area (Å²) < 4.78 is 78.9. The van der Waals surface area contributed by atoms with Crippen molar-refractivity contribution in [2.45, 2.75) is 76.6 Å². The Bertz CT molecular complexity index is 854. The minimum absolute atomic E-state index is 0.136. The molecule has 204 valence electrons. The summed E-state index contributed by atoms with van der Waals surface area (Å²) in [6, 6.07) is 1.92. The maximum Gasteiger partial charge on any atom is 0.423 e. The number of carbonyl (C=O) groups is 1. The molecule has 0 spiro atoms. The number of anilines is 1. The van der Waals surface area contributed by atoms with Crippen molar-refractivity contribution in [1.29, 1.82) is 0 Å². The standard InChI is InChI=1S/C24H33F6N3O3/c25-23(26,27)18-32(19-11-12-22(33(35)36)21(16-19)24(28,29)30)15-9-4-2-1-3-6-10-20(34)17-31-13-7-5-8-14-31/h11-12,16H,1-10,13-15,17-18H2. The van der Waals surface area contributed by atoms with Crippen LogP contribution in [0, 0.1) is 10.1 Å². The number of alkyl halides is 6. The van der Waals surface area contributed by atoms with Crippen LogP contribution in [0.4, 0.5) is 37.7 Å². The Hall–Kier alpha value is -2.37. The van der Waals surface area contributed by atoms with Crippen LogP contribution < -0.4 is 4.90 Å². The van der Waals surface area contributed by atoms with Crippen LogP contribution in [0.25, 0.3) is 0 Å². The average Bonchev–Trinajstić information content (AvgIpc) is 2.79. The van der Waals surface area contributed by atoms with Crippen molar-refractivity contribution < 1.29 is 36.1 Å². The molecular weight excluding hydrogens is 492 g/mol. The monoisotopic (exact) mass is 525 g/mol. The number of nitro benzene ring substituents is 1. The Kier molecular flexibility index (Phi) is 11.4. The predicted octanol–water partition coefficient (Wildman–Crippen LogP) is 6.77. The second-order valence-electron chi connectivity index (χ2n) is 9.24. The Labute approximate surface area is 206 Å². The number of hydrogen-bond acceptors (Lipinski definition) is 5. The molecule has 0 saturated carbocycles. The van der Waals surface area contributed by atoms with Crippen molar-refractivity contribution >= 4 is 17.2 Å². The molecule has 1 heterocycles. The molecule has 12 heteroatoms. The zero-order valence-corrected chi connectivity index (χ0v) is 20.2. The Morgan fingerprint density at radius 2 is 1.56 bits per heavy atom. The minimum Gasteiger partial charge on any atom is -0.363 e. The van der Waals surface area contributed by atoms with Gasteiger partial charge in [-0.3, -0.25) is 19.8 Å². The second-order valence-corrected chi connectivity index (χ2v) is 9.24. The SMILES string of the molecule is O=C(CCCCCCCCN(CC(F)(F)F)c1ccc([N+](=O)[O-])c(C(F)(F)F)c1)CN1CCCCC1. The highest BCUT2D eigenvalue weighted by molar-refractivity contribution is 5.80. The third-order valence-electron chi connectivity index (χ3n) is 6.20. The highest BCUT2D eigenvalue weighted by atomic mass is 19.4. The number of piperidine rings is 1. The van der Waals surface area contributed by atoms with E-state index in [0.717, 1.165) is 62.6 Å². The number of likely N-dealkylation sites (tertiary alicyclic amines) is 1. The van der Waals surface area contributed by atoms with E-state index in [4.69, 9.17) is 0 Å². The first-order valence-corrected chi connectivity index (χ1v) is 12.3. The van der Waals surface area contributed by atoms with Crippen LogP contribution in [-0.2, 0) is 11.0 Å². The highest BCUT2D eigenvalue weighted by Gasteiger charge is 2.39. The molecule has 6 nitrogen and oxygen atoms in total. The molecular formula is C24H33F6N3O3. The number of nitro groups is 1. The second kappa shape index (κ2) is 13.8. The molecule has 1 aromatic rings. The van der Waals surface area contributed by atoms with Gasteiger partial charge in [0.2, 0.25) is 0 Å². The smallest absolute Gasteiger partial charge is 0.363 e. The number of rotatable bonds is 14. The molecule has 1 aliphatic rings. The van der Waals surface area contributed by atoms with Gasteiger partial charge in [0.25, 0.3) is 5.69 Å². The van der Waals surface area contributed by atoms with Gasteiger partial charge in [0, 0.05) is 24.7 Å². The van der Waals surface area contributed by atoms with Gasteiger partial charge < -0.3 is 4.90 Å². The van der Waals surface area contributed by atoms with E-state index >= 15 is 0 Å². The van der Waals surface area contributed by atoms with Crippen LogP contribution in [0.1, 0.15) is 69.8 Å². The highest BCUT2D eigenvalue weighted by Crippen LogP contribution is 2.38. The molecule has 0 amide bonds. The van der Waals surface area contributed by atoms with E-state index in [0.29, 0.717) is 37.9 Å². The molecule has 0 atom stereocenters. The molecule has 36 heavy (non-hydrogen) atoms. The molecule has 0 radical (unpaired) electrons. The number of hydrogen-bond donors (Lipinski definition) is 0. The van der Waals surface area contributed by atoms with Crippen LogP contribution in [0.5, 0.6) is 0 Å². The number of Topliss-reactive ketones (excluding diaryl/α,β-unsaturated/α-hetero) is 1. The molecule has 1 fully saturated rings. The summed E-state index contributed by atoms with van der Waals surface area (Å²) >= 11 is 0. The third kappa shape index (κ3) is 10.7. The Balaban J connectivity index is 1.80. The minimum atomic E-state index is -5.07. The largest absolute Gasteiger partial charge is 0.423 e. The van der Waals surface area contributed by atoms with Gasteiger partial charge in [-0.2, -0.15) is 26.3 Å². The molecule has 0 unspecified atom stereocenters. The predicted molar refractivity (Wildman–Crippen MR) is 124 cm³/mol. The van der Waals surface area contributed by atoms with Gasteiger partial charge in [-0.05, 0) is 50.9 Å². The fourth-order valence-electron chi connectivity index (χ4n) is 4.40.